The number of halogens is 1. The minimum absolute atomic E-state index is 0.0227. The van der Waals surface area contributed by atoms with Crippen LogP contribution in [-0.4, -0.2) is 40.7 Å². The Morgan fingerprint density at radius 3 is 2.42 bits per heavy atom. The molecule has 2 amide bonds. The lowest BCUT2D eigenvalue weighted by molar-refractivity contribution is -0.133. The maximum atomic E-state index is 13.5. The summed E-state index contributed by atoms with van der Waals surface area (Å²) in [5.41, 5.74) is 1.73. The maximum absolute atomic E-state index is 13.5. The van der Waals surface area contributed by atoms with Crippen molar-refractivity contribution in [3.63, 3.8) is 0 Å². The van der Waals surface area contributed by atoms with Crippen molar-refractivity contribution in [3.05, 3.63) is 93.9 Å². The third kappa shape index (κ3) is 7.06. The molecule has 0 aliphatic rings. The monoisotopic (exact) mass is 510 g/mol. The van der Waals surface area contributed by atoms with Crippen molar-refractivity contribution in [2.45, 2.75) is 46.2 Å². The third-order valence-corrected chi connectivity index (χ3v) is 6.26. The van der Waals surface area contributed by atoms with E-state index in [9.17, 15) is 9.59 Å². The molecule has 0 aliphatic carbocycles. The summed E-state index contributed by atoms with van der Waals surface area (Å²) in [5, 5.41) is 0. The van der Waals surface area contributed by atoms with Gasteiger partial charge in [-0.1, -0.05) is 59.3 Å². The number of furan rings is 1. The molecule has 174 valence electrons. The first kappa shape index (κ1) is 24.8. The molecule has 0 N–H and O–H groups in total. The van der Waals surface area contributed by atoms with E-state index in [1.54, 1.807) is 21.9 Å². The van der Waals surface area contributed by atoms with Gasteiger partial charge in [-0.25, -0.2) is 0 Å². The van der Waals surface area contributed by atoms with Crippen molar-refractivity contribution >= 4 is 27.7 Å². The third-order valence-electron chi connectivity index (χ3n) is 5.77. The zero-order valence-electron chi connectivity index (χ0n) is 19.5. The number of nitrogens with zero attached hydrogens (tertiary/aromatic N) is 2. The lowest BCUT2D eigenvalue weighted by atomic mass is 10.1. The zero-order valence-corrected chi connectivity index (χ0v) is 21.0. The number of carbonyl (C=O) groups excluding carboxylic acids is 2. The van der Waals surface area contributed by atoms with Gasteiger partial charge in [0.05, 0.1) is 6.54 Å². The average molecular weight is 511 g/mol. The summed E-state index contributed by atoms with van der Waals surface area (Å²) in [5.74, 6) is 1.31. The van der Waals surface area contributed by atoms with Gasteiger partial charge in [0.1, 0.15) is 18.1 Å². The van der Waals surface area contributed by atoms with Crippen molar-refractivity contribution in [2.75, 3.05) is 13.1 Å². The molecule has 2 aromatic carbocycles. The number of hydrogen-bond acceptors (Lipinski definition) is 3. The van der Waals surface area contributed by atoms with E-state index in [0.717, 1.165) is 34.4 Å². The van der Waals surface area contributed by atoms with E-state index in [1.807, 2.05) is 63.2 Å². The predicted molar refractivity (Wildman–Crippen MR) is 134 cm³/mol. The smallest absolute Gasteiger partial charge is 0.254 e. The van der Waals surface area contributed by atoms with Crippen LogP contribution in [0.2, 0.25) is 0 Å². The molecule has 0 saturated carbocycles. The SMILES string of the molecule is CCC(C)N(CC(=O)N(CCc1ccccc1)Cc1ccc(C)o1)C(=O)c1cccc(Br)c1. The Morgan fingerprint density at radius 1 is 1.03 bits per heavy atom. The Balaban J connectivity index is 1.79. The fraction of sp³-hybridized carbons (Fsp3) is 0.333. The van der Waals surface area contributed by atoms with E-state index >= 15 is 0 Å². The Kier molecular flexibility index (Phi) is 8.89. The Bertz CT molecular complexity index is 1060. The molecular weight excluding hydrogens is 480 g/mol. The van der Waals surface area contributed by atoms with Crippen molar-refractivity contribution < 1.29 is 14.0 Å². The Morgan fingerprint density at radius 2 is 1.79 bits per heavy atom. The van der Waals surface area contributed by atoms with Crippen LogP contribution in [0.3, 0.4) is 0 Å². The van der Waals surface area contributed by atoms with E-state index in [1.165, 1.54) is 0 Å². The topological polar surface area (TPSA) is 53.8 Å². The molecule has 1 heterocycles. The highest BCUT2D eigenvalue weighted by Crippen LogP contribution is 2.17. The molecule has 3 rings (SSSR count). The van der Waals surface area contributed by atoms with Gasteiger partial charge in [0.25, 0.3) is 5.91 Å². The molecule has 3 aromatic rings. The number of rotatable bonds is 10. The molecule has 1 atom stereocenters. The van der Waals surface area contributed by atoms with Gasteiger partial charge in [0.2, 0.25) is 5.91 Å². The summed E-state index contributed by atoms with van der Waals surface area (Å²) in [6.07, 6.45) is 1.49. The molecule has 0 aliphatic heterocycles. The van der Waals surface area contributed by atoms with Crippen molar-refractivity contribution in [3.8, 4) is 0 Å². The quantitative estimate of drug-likeness (QED) is 0.343. The minimum Gasteiger partial charge on any atom is -0.464 e. The van der Waals surface area contributed by atoms with Gasteiger partial charge >= 0.3 is 0 Å². The maximum Gasteiger partial charge on any atom is 0.254 e. The van der Waals surface area contributed by atoms with Gasteiger partial charge in [-0.3, -0.25) is 9.59 Å². The number of benzene rings is 2. The molecule has 0 radical (unpaired) electrons. The first-order chi connectivity index (χ1) is 15.9. The standard InChI is InChI=1S/C27H31BrN2O3/c1-4-20(2)30(27(32)23-11-8-12-24(28)17-23)19-26(31)29(18-25-14-13-21(3)33-25)16-15-22-9-6-5-7-10-22/h5-14,17,20H,4,15-16,18-19H2,1-3H3. The van der Waals surface area contributed by atoms with E-state index in [-0.39, 0.29) is 24.4 Å². The van der Waals surface area contributed by atoms with Crippen LogP contribution in [0.25, 0.3) is 0 Å². The normalized spacial score (nSPS) is 11.8. The van der Waals surface area contributed by atoms with Crippen LogP contribution in [0, 0.1) is 6.92 Å². The van der Waals surface area contributed by atoms with Crippen molar-refractivity contribution in [1.82, 2.24) is 9.80 Å². The second-order valence-corrected chi connectivity index (χ2v) is 9.18. The Hall–Kier alpha value is -2.86. The molecule has 5 nitrogen and oxygen atoms in total. The van der Waals surface area contributed by atoms with E-state index < -0.39 is 0 Å². The fourth-order valence-electron chi connectivity index (χ4n) is 3.64. The van der Waals surface area contributed by atoms with E-state index in [4.69, 9.17) is 4.42 Å². The molecule has 0 spiro atoms. The summed E-state index contributed by atoms with van der Waals surface area (Å²) < 4.78 is 6.57. The van der Waals surface area contributed by atoms with Crippen LogP contribution in [0.4, 0.5) is 0 Å². The van der Waals surface area contributed by atoms with Gasteiger partial charge < -0.3 is 14.2 Å². The van der Waals surface area contributed by atoms with Gasteiger partial charge in [-0.15, -0.1) is 0 Å². The van der Waals surface area contributed by atoms with Gasteiger partial charge in [-0.05, 0) is 62.6 Å². The fourth-order valence-corrected chi connectivity index (χ4v) is 4.04. The first-order valence-corrected chi connectivity index (χ1v) is 12.1. The van der Waals surface area contributed by atoms with Crippen molar-refractivity contribution in [2.24, 2.45) is 0 Å². The molecular formula is C27H31BrN2O3. The highest BCUT2D eigenvalue weighted by molar-refractivity contribution is 9.10. The molecule has 1 aromatic heterocycles. The van der Waals surface area contributed by atoms with Gasteiger partial charge in [0, 0.05) is 22.6 Å². The van der Waals surface area contributed by atoms with E-state index in [2.05, 4.69) is 28.1 Å². The lowest BCUT2D eigenvalue weighted by Gasteiger charge is -2.31. The summed E-state index contributed by atoms with van der Waals surface area (Å²) in [6.45, 7) is 6.83. The van der Waals surface area contributed by atoms with Crippen LogP contribution in [0.1, 0.15) is 47.7 Å². The van der Waals surface area contributed by atoms with Gasteiger partial charge in [0.15, 0.2) is 0 Å². The summed E-state index contributed by atoms with van der Waals surface area (Å²) in [6, 6.07) is 21.1. The summed E-state index contributed by atoms with van der Waals surface area (Å²) in [4.78, 5) is 30.3. The molecule has 0 bridgehead atoms. The number of hydrogen-bond donors (Lipinski definition) is 0. The Labute approximate surface area is 204 Å². The van der Waals surface area contributed by atoms with Crippen molar-refractivity contribution in [1.29, 1.82) is 0 Å². The second-order valence-electron chi connectivity index (χ2n) is 8.26. The average Bonchev–Trinajstić information content (AvgIpc) is 3.24. The van der Waals surface area contributed by atoms with Crippen LogP contribution in [0.5, 0.6) is 0 Å². The van der Waals surface area contributed by atoms with Crippen LogP contribution >= 0.6 is 15.9 Å². The summed E-state index contributed by atoms with van der Waals surface area (Å²) in [7, 11) is 0. The van der Waals surface area contributed by atoms with Gasteiger partial charge in [-0.2, -0.15) is 0 Å². The number of aryl methyl sites for hydroxylation is 1. The molecule has 0 fully saturated rings. The lowest BCUT2D eigenvalue weighted by Crippen LogP contribution is -2.46. The second kappa shape index (κ2) is 11.8. The number of amides is 2. The zero-order chi connectivity index (χ0) is 23.8. The minimum atomic E-state index is -0.143. The van der Waals surface area contributed by atoms with Crippen LogP contribution in [-0.2, 0) is 17.8 Å². The largest absolute Gasteiger partial charge is 0.464 e. The summed E-state index contributed by atoms with van der Waals surface area (Å²) >= 11 is 3.43. The van der Waals surface area contributed by atoms with E-state index in [0.29, 0.717) is 18.7 Å². The molecule has 33 heavy (non-hydrogen) atoms. The van der Waals surface area contributed by atoms with Crippen LogP contribution in [0.15, 0.2) is 75.6 Å². The van der Waals surface area contributed by atoms with Crippen LogP contribution < -0.4 is 0 Å². The predicted octanol–water partition coefficient (Wildman–Crippen LogP) is 5.86. The first-order valence-electron chi connectivity index (χ1n) is 11.3. The molecule has 6 heteroatoms. The highest BCUT2D eigenvalue weighted by Gasteiger charge is 2.26. The highest BCUT2D eigenvalue weighted by atomic mass is 79.9. The molecule has 0 saturated heterocycles. The number of carbonyl (C=O) groups is 2. The molecule has 1 unspecified atom stereocenters.